The average molecular weight is 280 g/mol. The summed E-state index contributed by atoms with van der Waals surface area (Å²) < 4.78 is 27.0. The normalized spacial score (nSPS) is 27.0. The molecule has 2 bridgehead atoms. The SMILES string of the molecule is O=[N+]([O-])c1ccc(F)c(F)c1NCC1CC2C=CC1C2. The van der Waals surface area contributed by atoms with Gasteiger partial charge in [-0.1, -0.05) is 12.2 Å². The highest BCUT2D eigenvalue weighted by Crippen LogP contribution is 2.43. The molecule has 1 aromatic carbocycles. The zero-order valence-electron chi connectivity index (χ0n) is 10.7. The van der Waals surface area contributed by atoms with Crippen LogP contribution in [0.3, 0.4) is 0 Å². The Labute approximate surface area is 114 Å². The molecule has 0 spiro atoms. The fraction of sp³-hybridized carbons (Fsp3) is 0.429. The number of benzene rings is 1. The second-order valence-electron chi connectivity index (χ2n) is 5.43. The van der Waals surface area contributed by atoms with Gasteiger partial charge in [-0.05, 0) is 36.7 Å². The van der Waals surface area contributed by atoms with E-state index in [1.165, 1.54) is 0 Å². The van der Waals surface area contributed by atoms with Crippen molar-refractivity contribution in [3.63, 3.8) is 0 Å². The van der Waals surface area contributed by atoms with E-state index in [1.807, 2.05) is 0 Å². The Morgan fingerprint density at radius 1 is 1.30 bits per heavy atom. The van der Waals surface area contributed by atoms with Gasteiger partial charge in [-0.25, -0.2) is 8.78 Å². The molecule has 6 heteroatoms. The van der Waals surface area contributed by atoms with Gasteiger partial charge >= 0.3 is 0 Å². The standard InChI is InChI=1S/C14H14F2N2O2/c15-11-3-4-12(18(19)20)14(13(11)16)17-7-10-6-8-1-2-9(10)5-8/h1-4,8-10,17H,5-7H2. The maximum absolute atomic E-state index is 13.7. The first kappa shape index (κ1) is 13.0. The third-order valence-electron chi connectivity index (χ3n) is 4.23. The number of rotatable bonds is 4. The highest BCUT2D eigenvalue weighted by atomic mass is 19.2. The van der Waals surface area contributed by atoms with Crippen LogP contribution in [0.2, 0.25) is 0 Å². The number of hydrogen-bond donors (Lipinski definition) is 1. The van der Waals surface area contributed by atoms with Crippen molar-refractivity contribution >= 4 is 11.4 Å². The van der Waals surface area contributed by atoms with Gasteiger partial charge < -0.3 is 5.32 Å². The Kier molecular flexibility index (Phi) is 3.16. The van der Waals surface area contributed by atoms with E-state index in [2.05, 4.69) is 17.5 Å². The molecule has 20 heavy (non-hydrogen) atoms. The third kappa shape index (κ3) is 2.15. The Balaban J connectivity index is 1.78. The molecule has 0 aliphatic heterocycles. The van der Waals surface area contributed by atoms with Crippen LogP contribution in [-0.2, 0) is 0 Å². The number of hydrogen-bond acceptors (Lipinski definition) is 3. The van der Waals surface area contributed by atoms with Gasteiger partial charge in [0.25, 0.3) is 5.69 Å². The van der Waals surface area contributed by atoms with E-state index in [0.717, 1.165) is 25.0 Å². The summed E-state index contributed by atoms with van der Waals surface area (Å²) in [5.74, 6) is -0.918. The largest absolute Gasteiger partial charge is 0.377 e. The first-order valence-electron chi connectivity index (χ1n) is 6.61. The van der Waals surface area contributed by atoms with E-state index in [4.69, 9.17) is 0 Å². The molecular weight excluding hydrogens is 266 g/mol. The lowest BCUT2D eigenvalue weighted by atomic mass is 9.93. The number of halogens is 2. The number of anilines is 1. The molecule has 1 N–H and O–H groups in total. The van der Waals surface area contributed by atoms with Crippen molar-refractivity contribution < 1.29 is 13.7 Å². The lowest BCUT2D eigenvalue weighted by molar-refractivity contribution is -0.384. The topological polar surface area (TPSA) is 55.2 Å². The molecule has 0 saturated heterocycles. The van der Waals surface area contributed by atoms with Gasteiger partial charge in [0.2, 0.25) is 0 Å². The van der Waals surface area contributed by atoms with Gasteiger partial charge in [0.15, 0.2) is 17.3 Å². The van der Waals surface area contributed by atoms with E-state index in [-0.39, 0.29) is 5.69 Å². The molecule has 2 aliphatic carbocycles. The summed E-state index contributed by atoms with van der Waals surface area (Å²) in [5.41, 5.74) is -0.774. The van der Waals surface area contributed by atoms with Crippen molar-refractivity contribution in [3.05, 3.63) is 46.0 Å². The molecule has 0 radical (unpaired) electrons. The van der Waals surface area contributed by atoms with Crippen molar-refractivity contribution in [1.29, 1.82) is 0 Å². The van der Waals surface area contributed by atoms with Gasteiger partial charge in [-0.15, -0.1) is 0 Å². The molecule has 4 nitrogen and oxygen atoms in total. The first-order valence-corrected chi connectivity index (χ1v) is 6.61. The maximum Gasteiger partial charge on any atom is 0.295 e. The predicted molar refractivity (Wildman–Crippen MR) is 70.3 cm³/mol. The monoisotopic (exact) mass is 280 g/mol. The summed E-state index contributed by atoms with van der Waals surface area (Å²) in [6, 6.07) is 1.76. The Bertz CT molecular complexity index is 589. The molecular formula is C14H14F2N2O2. The highest BCUT2D eigenvalue weighted by molar-refractivity contribution is 5.62. The zero-order chi connectivity index (χ0) is 14.3. The second-order valence-corrected chi connectivity index (χ2v) is 5.43. The van der Waals surface area contributed by atoms with Gasteiger partial charge in [0, 0.05) is 12.6 Å². The number of nitro groups is 1. The quantitative estimate of drug-likeness (QED) is 0.521. The van der Waals surface area contributed by atoms with Crippen LogP contribution in [0, 0.1) is 39.5 Å². The molecule has 3 unspecified atom stereocenters. The van der Waals surface area contributed by atoms with Crippen molar-refractivity contribution in [2.75, 3.05) is 11.9 Å². The molecule has 3 atom stereocenters. The van der Waals surface area contributed by atoms with Crippen molar-refractivity contribution in [1.82, 2.24) is 0 Å². The molecule has 106 valence electrons. The van der Waals surface area contributed by atoms with E-state index in [9.17, 15) is 18.9 Å². The van der Waals surface area contributed by atoms with E-state index in [1.54, 1.807) is 0 Å². The van der Waals surface area contributed by atoms with Crippen LogP contribution >= 0.6 is 0 Å². The van der Waals surface area contributed by atoms with Gasteiger partial charge in [-0.2, -0.15) is 0 Å². The van der Waals surface area contributed by atoms with Crippen molar-refractivity contribution in [2.24, 2.45) is 17.8 Å². The van der Waals surface area contributed by atoms with Crippen LogP contribution in [0.1, 0.15) is 12.8 Å². The van der Waals surface area contributed by atoms with Gasteiger partial charge in [0.05, 0.1) is 4.92 Å². The smallest absolute Gasteiger partial charge is 0.295 e. The molecule has 1 aromatic rings. The number of allylic oxidation sites excluding steroid dienone is 2. The van der Waals surface area contributed by atoms with E-state index < -0.39 is 22.2 Å². The Morgan fingerprint density at radius 3 is 2.70 bits per heavy atom. The first-order chi connectivity index (χ1) is 9.56. The van der Waals surface area contributed by atoms with Crippen molar-refractivity contribution in [3.8, 4) is 0 Å². The molecule has 0 aromatic heterocycles. The van der Waals surface area contributed by atoms with Crippen LogP contribution in [0.25, 0.3) is 0 Å². The molecule has 1 fully saturated rings. The lowest BCUT2D eigenvalue weighted by Gasteiger charge is -2.19. The second kappa shape index (κ2) is 4.85. The zero-order valence-corrected chi connectivity index (χ0v) is 10.7. The van der Waals surface area contributed by atoms with E-state index >= 15 is 0 Å². The number of nitro benzene ring substituents is 1. The molecule has 3 rings (SSSR count). The maximum atomic E-state index is 13.7. The Morgan fingerprint density at radius 2 is 2.10 bits per heavy atom. The number of nitrogens with one attached hydrogen (secondary N) is 1. The van der Waals surface area contributed by atoms with Crippen LogP contribution in [0.4, 0.5) is 20.2 Å². The average Bonchev–Trinajstić information content (AvgIpc) is 3.02. The number of nitrogens with zero attached hydrogens (tertiary/aromatic N) is 1. The summed E-state index contributed by atoms with van der Waals surface area (Å²) >= 11 is 0. The van der Waals surface area contributed by atoms with Crippen LogP contribution in [-0.4, -0.2) is 11.5 Å². The predicted octanol–water partition coefficient (Wildman–Crippen LogP) is 3.50. The van der Waals surface area contributed by atoms with Gasteiger partial charge in [0.1, 0.15) is 0 Å². The van der Waals surface area contributed by atoms with Crippen LogP contribution < -0.4 is 5.32 Å². The summed E-state index contributed by atoms with van der Waals surface area (Å²) in [6.45, 7) is 0.423. The molecule has 0 amide bonds. The summed E-state index contributed by atoms with van der Waals surface area (Å²) in [4.78, 5) is 10.2. The van der Waals surface area contributed by atoms with Gasteiger partial charge in [-0.3, -0.25) is 10.1 Å². The third-order valence-corrected chi connectivity index (χ3v) is 4.23. The summed E-state index contributed by atoms with van der Waals surface area (Å²) in [7, 11) is 0. The Hall–Kier alpha value is -1.98. The summed E-state index contributed by atoms with van der Waals surface area (Å²) in [5, 5.41) is 13.6. The minimum atomic E-state index is -1.18. The molecule has 1 saturated carbocycles. The summed E-state index contributed by atoms with van der Waals surface area (Å²) in [6.07, 6.45) is 6.43. The molecule has 0 heterocycles. The van der Waals surface area contributed by atoms with Crippen molar-refractivity contribution in [2.45, 2.75) is 12.8 Å². The lowest BCUT2D eigenvalue weighted by Crippen LogP contribution is -2.19. The number of fused-ring (bicyclic) bond motifs is 2. The fourth-order valence-electron chi connectivity index (χ4n) is 3.22. The van der Waals surface area contributed by atoms with Crippen LogP contribution in [0.5, 0.6) is 0 Å². The minimum Gasteiger partial charge on any atom is -0.377 e. The van der Waals surface area contributed by atoms with E-state index in [0.29, 0.717) is 24.3 Å². The molecule has 2 aliphatic rings. The minimum absolute atomic E-state index is 0.326. The van der Waals surface area contributed by atoms with Crippen LogP contribution in [0.15, 0.2) is 24.3 Å². The highest BCUT2D eigenvalue weighted by Gasteiger charge is 2.35. The fourth-order valence-corrected chi connectivity index (χ4v) is 3.22.